The van der Waals surface area contributed by atoms with Gasteiger partial charge in [-0.3, -0.25) is 9.59 Å². The van der Waals surface area contributed by atoms with Gasteiger partial charge in [0, 0.05) is 13.0 Å². The molecule has 1 rings (SSSR count). The number of amides is 2. The summed E-state index contributed by atoms with van der Waals surface area (Å²) in [6, 6.07) is 4.74. The molecule has 1 aromatic rings. The van der Waals surface area contributed by atoms with Crippen molar-refractivity contribution in [2.45, 2.75) is 13.3 Å². The fraction of sp³-hybridized carbons (Fsp3) is 0.429. The Balaban J connectivity index is 2.79. The molecule has 1 unspecified atom stereocenters. The average Bonchev–Trinajstić information content (AvgIpc) is 2.37. The van der Waals surface area contributed by atoms with E-state index in [2.05, 4.69) is 0 Å². The predicted octanol–water partition coefficient (Wildman–Crippen LogP) is 0.523. The lowest BCUT2D eigenvalue weighted by atomic mass is 9.99. The maximum atomic E-state index is 12.1. The van der Waals surface area contributed by atoms with Crippen molar-refractivity contribution >= 4 is 11.8 Å². The van der Waals surface area contributed by atoms with Crippen LogP contribution in [0.25, 0.3) is 0 Å². The molecular formula is C14H20N2O4. The van der Waals surface area contributed by atoms with Crippen molar-refractivity contribution in [2.75, 3.05) is 20.7 Å². The molecule has 20 heavy (non-hydrogen) atoms. The van der Waals surface area contributed by atoms with Gasteiger partial charge >= 0.3 is 0 Å². The molecule has 110 valence electrons. The van der Waals surface area contributed by atoms with Gasteiger partial charge in [-0.15, -0.1) is 0 Å². The zero-order valence-corrected chi connectivity index (χ0v) is 11.9. The molecule has 2 amide bonds. The number of nitrogens with zero attached hydrogens (tertiary/aromatic N) is 1. The average molecular weight is 280 g/mol. The number of primary amides is 1. The molecule has 0 aliphatic rings. The smallest absolute Gasteiger partial charge is 0.237 e. The molecular weight excluding hydrogens is 260 g/mol. The molecule has 3 N–H and O–H groups in total. The van der Waals surface area contributed by atoms with Gasteiger partial charge in [0.05, 0.1) is 13.7 Å². The van der Waals surface area contributed by atoms with Gasteiger partial charge in [0.1, 0.15) is 11.5 Å². The number of phenolic OH excluding ortho intramolecular Hbond substituents is 1. The Morgan fingerprint density at radius 1 is 1.45 bits per heavy atom. The molecule has 0 aliphatic carbocycles. The van der Waals surface area contributed by atoms with Gasteiger partial charge in [-0.05, 0) is 30.2 Å². The number of aromatic hydroxyl groups is 1. The number of hydrogen-bond acceptors (Lipinski definition) is 4. The van der Waals surface area contributed by atoms with E-state index in [4.69, 9.17) is 10.5 Å². The van der Waals surface area contributed by atoms with Gasteiger partial charge in [0.2, 0.25) is 11.8 Å². The lowest BCUT2D eigenvalue weighted by molar-refractivity contribution is -0.136. The van der Waals surface area contributed by atoms with E-state index in [1.54, 1.807) is 19.1 Å². The molecule has 1 atom stereocenters. The Hall–Kier alpha value is -2.24. The number of benzene rings is 1. The molecule has 0 spiro atoms. The van der Waals surface area contributed by atoms with Crippen LogP contribution in [0.4, 0.5) is 0 Å². The number of nitrogens with two attached hydrogens (primary N) is 1. The number of hydrogen-bond donors (Lipinski definition) is 2. The van der Waals surface area contributed by atoms with Crippen LogP contribution >= 0.6 is 0 Å². The summed E-state index contributed by atoms with van der Waals surface area (Å²) in [6.07, 6.45) is 0.402. The van der Waals surface area contributed by atoms with Crippen LogP contribution in [-0.4, -0.2) is 42.5 Å². The van der Waals surface area contributed by atoms with Crippen LogP contribution in [0.15, 0.2) is 18.2 Å². The van der Waals surface area contributed by atoms with Gasteiger partial charge in [0.15, 0.2) is 0 Å². The highest BCUT2D eigenvalue weighted by Crippen LogP contribution is 2.26. The van der Waals surface area contributed by atoms with Crippen molar-refractivity contribution in [3.05, 3.63) is 23.8 Å². The number of carbonyl (C=O) groups is 2. The Morgan fingerprint density at radius 3 is 2.65 bits per heavy atom. The monoisotopic (exact) mass is 280 g/mol. The predicted molar refractivity (Wildman–Crippen MR) is 74.4 cm³/mol. The Bertz CT molecular complexity index is 502. The summed E-state index contributed by atoms with van der Waals surface area (Å²) in [5, 5.41) is 9.50. The Labute approximate surface area is 118 Å². The Kier molecular flexibility index (Phi) is 5.37. The van der Waals surface area contributed by atoms with Gasteiger partial charge in [-0.2, -0.15) is 0 Å². The van der Waals surface area contributed by atoms with Crippen LogP contribution in [0.3, 0.4) is 0 Å². The summed E-state index contributed by atoms with van der Waals surface area (Å²) < 4.78 is 5.20. The summed E-state index contributed by atoms with van der Waals surface area (Å²) in [4.78, 5) is 24.2. The molecule has 0 saturated carbocycles. The van der Waals surface area contributed by atoms with Crippen LogP contribution in [0.1, 0.15) is 12.5 Å². The third-order valence-electron chi connectivity index (χ3n) is 2.98. The minimum atomic E-state index is -0.553. The summed E-state index contributed by atoms with van der Waals surface area (Å²) in [7, 11) is 3.06. The zero-order chi connectivity index (χ0) is 15.3. The first-order valence-corrected chi connectivity index (χ1v) is 6.24. The number of methoxy groups -OCH3 is 1. The van der Waals surface area contributed by atoms with E-state index in [0.717, 1.165) is 5.56 Å². The van der Waals surface area contributed by atoms with Gasteiger partial charge < -0.3 is 20.5 Å². The van der Waals surface area contributed by atoms with Crippen molar-refractivity contribution < 1.29 is 19.4 Å². The van der Waals surface area contributed by atoms with Crippen molar-refractivity contribution in [1.29, 1.82) is 0 Å². The van der Waals surface area contributed by atoms with Crippen LogP contribution in [0, 0.1) is 5.92 Å². The molecule has 0 fully saturated rings. The second kappa shape index (κ2) is 6.79. The lowest BCUT2D eigenvalue weighted by Gasteiger charge is -2.20. The summed E-state index contributed by atoms with van der Waals surface area (Å²) in [5.41, 5.74) is 5.80. The molecule has 0 aliphatic heterocycles. The van der Waals surface area contributed by atoms with Crippen LogP contribution in [0.2, 0.25) is 0 Å². The maximum Gasteiger partial charge on any atom is 0.237 e. The molecule has 6 nitrogen and oxygen atoms in total. The molecule has 0 saturated heterocycles. The summed E-state index contributed by atoms with van der Waals surface area (Å²) in [5.74, 6) is -0.363. The number of carbonyl (C=O) groups excluding carboxylic acids is 2. The van der Waals surface area contributed by atoms with Crippen molar-refractivity contribution in [2.24, 2.45) is 11.7 Å². The fourth-order valence-electron chi connectivity index (χ4n) is 2.03. The second-order valence-electron chi connectivity index (χ2n) is 4.76. The molecule has 0 radical (unpaired) electrons. The highest BCUT2D eigenvalue weighted by molar-refractivity contribution is 5.84. The van der Waals surface area contributed by atoms with Crippen molar-refractivity contribution in [3.8, 4) is 11.5 Å². The highest BCUT2D eigenvalue weighted by atomic mass is 16.5. The van der Waals surface area contributed by atoms with Gasteiger partial charge in [0.25, 0.3) is 0 Å². The third-order valence-corrected chi connectivity index (χ3v) is 2.98. The van der Waals surface area contributed by atoms with Crippen molar-refractivity contribution in [3.63, 3.8) is 0 Å². The van der Waals surface area contributed by atoms with E-state index < -0.39 is 5.91 Å². The SMILES string of the molecule is COc1ccc(O)cc1CC(C)C(=O)N(C)CC(N)=O. The minimum absolute atomic E-state index is 0.111. The van der Waals surface area contributed by atoms with E-state index in [1.165, 1.54) is 25.1 Å². The van der Waals surface area contributed by atoms with Crippen LogP contribution in [0.5, 0.6) is 11.5 Å². The number of phenols is 1. The standard InChI is InChI=1S/C14H20N2O4/c1-9(14(19)16(2)8-13(15)18)6-10-7-11(17)4-5-12(10)20-3/h4-5,7,9,17H,6,8H2,1-3H3,(H2,15,18). The van der Waals surface area contributed by atoms with E-state index in [1.807, 2.05) is 0 Å². The van der Waals surface area contributed by atoms with E-state index >= 15 is 0 Å². The molecule has 0 bridgehead atoms. The summed E-state index contributed by atoms with van der Waals surface area (Å²) in [6.45, 7) is 1.64. The molecule has 6 heteroatoms. The summed E-state index contributed by atoms with van der Waals surface area (Å²) >= 11 is 0. The maximum absolute atomic E-state index is 12.1. The van der Waals surface area contributed by atoms with E-state index in [9.17, 15) is 14.7 Å². The highest BCUT2D eigenvalue weighted by Gasteiger charge is 2.20. The topological polar surface area (TPSA) is 92.9 Å². The lowest BCUT2D eigenvalue weighted by Crippen LogP contribution is -2.38. The largest absolute Gasteiger partial charge is 0.508 e. The number of likely N-dealkylation sites (N-methyl/N-ethyl adjacent to an activating group) is 1. The normalized spacial score (nSPS) is 11.8. The Morgan fingerprint density at radius 2 is 2.10 bits per heavy atom. The van der Waals surface area contributed by atoms with Gasteiger partial charge in [-0.25, -0.2) is 0 Å². The van der Waals surface area contributed by atoms with Crippen LogP contribution < -0.4 is 10.5 Å². The zero-order valence-electron chi connectivity index (χ0n) is 11.9. The first-order valence-electron chi connectivity index (χ1n) is 6.24. The van der Waals surface area contributed by atoms with Crippen molar-refractivity contribution in [1.82, 2.24) is 4.90 Å². The number of rotatable bonds is 6. The minimum Gasteiger partial charge on any atom is -0.508 e. The first-order chi connectivity index (χ1) is 9.35. The third kappa shape index (κ3) is 4.15. The molecule has 0 aromatic heterocycles. The molecule has 1 aromatic carbocycles. The van der Waals surface area contributed by atoms with E-state index in [-0.39, 0.29) is 24.1 Å². The van der Waals surface area contributed by atoms with E-state index in [0.29, 0.717) is 12.2 Å². The second-order valence-corrected chi connectivity index (χ2v) is 4.76. The van der Waals surface area contributed by atoms with Crippen LogP contribution in [-0.2, 0) is 16.0 Å². The number of ether oxygens (including phenoxy) is 1. The fourth-order valence-corrected chi connectivity index (χ4v) is 2.03. The molecule has 0 heterocycles. The first kappa shape index (κ1) is 15.8. The van der Waals surface area contributed by atoms with Gasteiger partial charge in [-0.1, -0.05) is 6.92 Å². The quantitative estimate of drug-likeness (QED) is 0.794.